The van der Waals surface area contributed by atoms with Crippen molar-refractivity contribution >= 4 is 11.8 Å². The van der Waals surface area contributed by atoms with Crippen LogP contribution in [0.5, 0.6) is 0 Å². The van der Waals surface area contributed by atoms with Crippen molar-refractivity contribution in [2.45, 2.75) is 171 Å². The number of aliphatic hydroxyl groups is 5. The maximum absolute atomic E-state index is 13.8. The van der Waals surface area contributed by atoms with Gasteiger partial charge in [-0.3, -0.25) is 9.59 Å². The number of amides is 2. The van der Waals surface area contributed by atoms with Gasteiger partial charge in [-0.05, 0) is 36.5 Å². The Kier molecular flexibility index (Phi) is 13.6. The first-order valence-corrected chi connectivity index (χ1v) is 18.7. The number of halogens is 3. The van der Waals surface area contributed by atoms with E-state index in [1.165, 1.54) is 6.92 Å². The number of ether oxygens (including phenoxy) is 5. The number of hydrogen-bond donors (Lipinski definition) is 6. The fourth-order valence-corrected chi connectivity index (χ4v) is 8.74. The zero-order chi connectivity index (χ0) is 38.1. The fourth-order valence-electron chi connectivity index (χ4n) is 8.74. The summed E-state index contributed by atoms with van der Waals surface area (Å²) in [5.41, 5.74) is -0.552. The molecular weight excluding hydrogens is 697 g/mol. The topological polar surface area (TPSA) is 197 Å². The van der Waals surface area contributed by atoms with Gasteiger partial charge in [0.05, 0.1) is 18.8 Å². The largest absolute Gasteiger partial charge is 0.417 e. The predicted molar refractivity (Wildman–Crippen MR) is 175 cm³/mol. The summed E-state index contributed by atoms with van der Waals surface area (Å²) in [6.07, 6.45) is -18.0. The highest BCUT2D eigenvalue weighted by molar-refractivity contribution is 5.81. The normalized spacial score (nSPS) is 40.6. The summed E-state index contributed by atoms with van der Waals surface area (Å²) < 4.78 is 71.5. The number of carbonyl (C=O) groups is 2. The summed E-state index contributed by atoms with van der Waals surface area (Å²) in [4.78, 5) is 28.1. The maximum Gasteiger partial charge on any atom is 0.417 e. The number of aliphatic hydroxyl groups excluding tert-OH is 5. The third-order valence-electron chi connectivity index (χ3n) is 11.7. The number of nitrogens with zero attached hydrogens (tertiary/aromatic N) is 1. The molecule has 0 bridgehead atoms. The first-order chi connectivity index (χ1) is 24.5. The Morgan fingerprint density at radius 2 is 1.60 bits per heavy atom. The summed E-state index contributed by atoms with van der Waals surface area (Å²) in [7, 11) is 0. The lowest BCUT2D eigenvalue weighted by Gasteiger charge is -2.47. The summed E-state index contributed by atoms with van der Waals surface area (Å²) in [5, 5.41) is 55.6. The second-order valence-corrected chi connectivity index (χ2v) is 15.9. The van der Waals surface area contributed by atoms with E-state index < -0.39 is 104 Å². The van der Waals surface area contributed by atoms with Crippen molar-refractivity contribution in [3.63, 3.8) is 0 Å². The Morgan fingerprint density at radius 1 is 0.923 bits per heavy atom. The van der Waals surface area contributed by atoms with Crippen LogP contribution in [0.3, 0.4) is 0 Å². The zero-order valence-electron chi connectivity index (χ0n) is 30.3. The maximum atomic E-state index is 13.8. The monoisotopic (exact) mass is 754 g/mol. The Balaban J connectivity index is 1.43. The molecule has 3 aliphatic heterocycles. The van der Waals surface area contributed by atoms with Crippen molar-refractivity contribution in [1.82, 2.24) is 10.2 Å². The van der Waals surface area contributed by atoms with Crippen LogP contribution in [0.1, 0.15) is 85.5 Å². The van der Waals surface area contributed by atoms with Crippen LogP contribution in [0, 0.1) is 17.3 Å². The molecule has 3 heterocycles. The van der Waals surface area contributed by atoms with Gasteiger partial charge < -0.3 is 59.4 Å². The zero-order valence-corrected chi connectivity index (χ0v) is 30.3. The summed E-state index contributed by atoms with van der Waals surface area (Å²) in [6.45, 7) is 7.41. The SMILES string of the molecule is CC[C@H]1C(OC2OC(C(F)(F)F)C(O)C(O)C2O)C(O[C@@H]2O[C@@H](CO)C(O)C(O[C@@H](CC3CCCCC3)C(=O)N3CCC3)C2NC(C)=O)CC1(C)C. The predicted octanol–water partition coefficient (Wildman–Crippen LogP) is 1.12. The Hall–Kier alpha value is -1.67. The molecule has 17 heteroatoms. The molecule has 6 N–H and O–H groups in total. The third kappa shape index (κ3) is 9.06. The van der Waals surface area contributed by atoms with E-state index in [4.69, 9.17) is 23.7 Å². The van der Waals surface area contributed by atoms with Crippen molar-refractivity contribution in [2.24, 2.45) is 17.3 Å². The molecular formula is C35H57F3N2O12. The molecule has 0 radical (unpaired) electrons. The Morgan fingerprint density at radius 3 is 2.15 bits per heavy atom. The van der Waals surface area contributed by atoms with Crippen molar-refractivity contribution in [3.8, 4) is 0 Å². The molecule has 2 aliphatic carbocycles. The number of likely N-dealkylation sites (tertiary alicyclic amines) is 1. The molecule has 300 valence electrons. The van der Waals surface area contributed by atoms with Gasteiger partial charge in [-0.1, -0.05) is 59.3 Å². The van der Waals surface area contributed by atoms with Crippen LogP contribution in [0.25, 0.3) is 0 Å². The quantitative estimate of drug-likeness (QED) is 0.167. The molecule has 14 nitrogen and oxygen atoms in total. The lowest BCUT2D eigenvalue weighted by molar-refractivity contribution is -0.368. The smallest absolute Gasteiger partial charge is 0.394 e. The number of alkyl halides is 3. The van der Waals surface area contributed by atoms with E-state index in [1.807, 2.05) is 20.8 Å². The van der Waals surface area contributed by atoms with Crippen molar-refractivity contribution in [3.05, 3.63) is 0 Å². The molecule has 0 spiro atoms. The first kappa shape index (κ1) is 41.5. The molecule has 0 aromatic carbocycles. The molecule has 10 unspecified atom stereocenters. The molecule has 5 fully saturated rings. The van der Waals surface area contributed by atoms with Gasteiger partial charge in [-0.15, -0.1) is 0 Å². The number of hydrogen-bond acceptors (Lipinski definition) is 12. The summed E-state index contributed by atoms with van der Waals surface area (Å²) >= 11 is 0. The standard InChI is InChI=1S/C35H57F3N2O12/c1-5-19-28(51-33-27(46)25(44)26(45)30(52-33)35(36,37)38)21(15-34(19,3)4)49-32-23(39-17(2)42)29(24(43)22(16-41)50-32)48-20(31(47)40-12-9-13-40)14-18-10-7-6-8-11-18/h18-30,32-33,41,43-46H,5-16H2,1-4H3,(H,39,42)/t19-,20-,21?,22-,23?,24?,25?,26?,27?,28?,29?,30?,32+,33?/m0/s1. The average Bonchev–Trinajstić information content (AvgIpc) is 3.29. The third-order valence-corrected chi connectivity index (χ3v) is 11.7. The van der Waals surface area contributed by atoms with E-state index in [9.17, 15) is 48.3 Å². The van der Waals surface area contributed by atoms with Crippen LogP contribution in [0.15, 0.2) is 0 Å². The van der Waals surface area contributed by atoms with Crippen LogP contribution in [-0.4, -0.2) is 148 Å². The molecule has 2 amide bonds. The van der Waals surface area contributed by atoms with E-state index in [0.29, 0.717) is 25.9 Å². The van der Waals surface area contributed by atoms with E-state index in [0.717, 1.165) is 38.5 Å². The van der Waals surface area contributed by atoms with Crippen LogP contribution < -0.4 is 5.32 Å². The second-order valence-electron chi connectivity index (χ2n) is 15.9. The van der Waals surface area contributed by atoms with Gasteiger partial charge in [0.15, 0.2) is 18.7 Å². The number of carbonyl (C=O) groups excluding carboxylic acids is 2. The minimum Gasteiger partial charge on any atom is -0.394 e. The molecule has 5 rings (SSSR count). The minimum atomic E-state index is -5.08. The molecule has 14 atom stereocenters. The van der Waals surface area contributed by atoms with Gasteiger partial charge in [0, 0.05) is 20.0 Å². The number of rotatable bonds is 12. The van der Waals surface area contributed by atoms with Crippen molar-refractivity contribution in [2.75, 3.05) is 19.7 Å². The minimum absolute atomic E-state index is 0.220. The van der Waals surface area contributed by atoms with Gasteiger partial charge in [-0.2, -0.15) is 13.2 Å². The van der Waals surface area contributed by atoms with E-state index in [-0.39, 0.29) is 24.2 Å². The second kappa shape index (κ2) is 17.0. The van der Waals surface area contributed by atoms with E-state index in [1.54, 1.807) is 4.90 Å². The molecule has 5 aliphatic rings. The first-order valence-electron chi connectivity index (χ1n) is 18.7. The molecule has 0 aromatic heterocycles. The Bertz CT molecular complexity index is 1200. The fraction of sp³-hybridized carbons (Fsp3) is 0.943. The van der Waals surface area contributed by atoms with Crippen LogP contribution in [-0.2, 0) is 33.3 Å². The lowest BCUT2D eigenvalue weighted by atomic mass is 9.80. The average molecular weight is 755 g/mol. The van der Waals surface area contributed by atoms with Gasteiger partial charge in [0.25, 0.3) is 5.91 Å². The summed E-state index contributed by atoms with van der Waals surface area (Å²) in [5.74, 6) is -0.912. The highest BCUT2D eigenvalue weighted by Crippen LogP contribution is 2.49. The van der Waals surface area contributed by atoms with Crippen molar-refractivity contribution < 1.29 is 72.0 Å². The number of nitrogens with one attached hydrogen (secondary N) is 1. The lowest BCUT2D eigenvalue weighted by Crippen LogP contribution is -2.67. The van der Waals surface area contributed by atoms with E-state index >= 15 is 0 Å². The molecule has 52 heavy (non-hydrogen) atoms. The van der Waals surface area contributed by atoms with Crippen molar-refractivity contribution in [1.29, 1.82) is 0 Å². The van der Waals surface area contributed by atoms with Gasteiger partial charge in [-0.25, -0.2) is 0 Å². The van der Waals surface area contributed by atoms with Crippen LogP contribution >= 0.6 is 0 Å². The highest BCUT2D eigenvalue weighted by atomic mass is 19.4. The van der Waals surface area contributed by atoms with E-state index in [2.05, 4.69) is 5.32 Å². The van der Waals surface area contributed by atoms with Gasteiger partial charge in [0.2, 0.25) is 5.91 Å². The van der Waals surface area contributed by atoms with Gasteiger partial charge >= 0.3 is 6.18 Å². The summed E-state index contributed by atoms with van der Waals surface area (Å²) in [6, 6.07) is -1.21. The Labute approximate surface area is 302 Å². The molecule has 2 saturated carbocycles. The highest BCUT2D eigenvalue weighted by Gasteiger charge is 2.59. The van der Waals surface area contributed by atoms with Crippen LogP contribution in [0.2, 0.25) is 0 Å². The van der Waals surface area contributed by atoms with Gasteiger partial charge in [0.1, 0.15) is 48.8 Å². The van der Waals surface area contributed by atoms with Crippen LogP contribution in [0.4, 0.5) is 13.2 Å². The molecule has 3 saturated heterocycles. The molecule has 0 aromatic rings.